The van der Waals surface area contributed by atoms with Gasteiger partial charge >= 0.3 is 12.2 Å². The van der Waals surface area contributed by atoms with Crippen molar-refractivity contribution in [2.24, 2.45) is 11.8 Å². The van der Waals surface area contributed by atoms with Gasteiger partial charge in [0.2, 0.25) is 17.6 Å². The Kier molecular flexibility index (Phi) is 13.3. The van der Waals surface area contributed by atoms with E-state index in [1.54, 1.807) is 42.5 Å². The summed E-state index contributed by atoms with van der Waals surface area (Å²) >= 11 is 6.66. The summed E-state index contributed by atoms with van der Waals surface area (Å²) < 4.78 is 5.35. The summed E-state index contributed by atoms with van der Waals surface area (Å²) in [4.78, 5) is 65.1. The van der Waals surface area contributed by atoms with Crippen molar-refractivity contribution in [2.45, 2.75) is 77.0 Å². The fourth-order valence-corrected chi connectivity index (χ4v) is 7.44. The number of hydrogen-bond acceptors (Lipinski definition) is 9. The van der Waals surface area contributed by atoms with Crippen molar-refractivity contribution in [1.29, 1.82) is 0 Å². The molecule has 0 unspecified atom stereocenters. The van der Waals surface area contributed by atoms with E-state index in [9.17, 15) is 29.1 Å². The Morgan fingerprint density at radius 1 is 0.948 bits per heavy atom. The second kappa shape index (κ2) is 18.5. The summed E-state index contributed by atoms with van der Waals surface area (Å²) in [5.74, 6) is -0.570. The van der Waals surface area contributed by atoms with Gasteiger partial charge in [-0.25, -0.2) is 9.59 Å². The minimum atomic E-state index is -1.01. The lowest BCUT2D eigenvalue weighted by atomic mass is 9.81. The standard InChI is InChI=1S/C41H48ClN9O7/c1-41(2,3)58-39(55)43-22-25-6-10-28(11-7-25)36(52)46-34(38(54)44-30-15-12-27(13-16-30)35-47-49-50-48-35)20-24-4-8-26(9-5-24)32-17-14-29(21-33(32)42)37(53)45-31-18-19-51(23-31)40(56)57/h4-5,8-9,12-17,21,25,28,31,34H,6-7,10-11,18-20,22-23H2,1-3H3,(H,43,55)(H,44,54)(H,45,53)(H,46,52)(H,56,57)(H,47,48,49,50)/t25?,28?,31-,34+/m1/s1. The number of carboxylic acid groups (broad SMARTS) is 1. The van der Waals surface area contributed by atoms with Crippen molar-refractivity contribution >= 4 is 47.2 Å². The maximum absolute atomic E-state index is 13.8. The minimum Gasteiger partial charge on any atom is -0.465 e. The monoisotopic (exact) mass is 813 g/mol. The van der Waals surface area contributed by atoms with Gasteiger partial charge in [-0.1, -0.05) is 41.9 Å². The number of nitrogens with one attached hydrogen (secondary N) is 5. The lowest BCUT2D eigenvalue weighted by Gasteiger charge is -2.29. The van der Waals surface area contributed by atoms with Gasteiger partial charge in [-0.15, -0.1) is 10.2 Å². The van der Waals surface area contributed by atoms with E-state index in [1.165, 1.54) is 4.90 Å². The van der Waals surface area contributed by atoms with Crippen LogP contribution >= 0.6 is 11.6 Å². The summed E-state index contributed by atoms with van der Waals surface area (Å²) in [5.41, 5.74) is 3.31. The zero-order valence-electron chi connectivity index (χ0n) is 32.6. The zero-order valence-corrected chi connectivity index (χ0v) is 33.3. The Morgan fingerprint density at radius 2 is 1.66 bits per heavy atom. The van der Waals surface area contributed by atoms with Gasteiger partial charge in [-0.2, -0.15) is 5.21 Å². The number of likely N-dealkylation sites (tertiary alicyclic amines) is 1. The van der Waals surface area contributed by atoms with Crippen molar-refractivity contribution in [2.75, 3.05) is 25.0 Å². The van der Waals surface area contributed by atoms with Gasteiger partial charge in [-0.05, 0) is 112 Å². The van der Waals surface area contributed by atoms with Crippen molar-refractivity contribution in [3.8, 4) is 22.5 Å². The topological polar surface area (TPSA) is 221 Å². The number of carbonyl (C=O) groups excluding carboxylic acids is 4. The lowest BCUT2D eigenvalue weighted by molar-refractivity contribution is -0.130. The van der Waals surface area contributed by atoms with E-state index in [2.05, 4.69) is 41.9 Å². The second-order valence-electron chi connectivity index (χ2n) is 15.7. The molecule has 2 aliphatic rings. The van der Waals surface area contributed by atoms with Crippen LogP contribution in [-0.4, -0.2) is 97.9 Å². The Balaban J connectivity index is 1.10. The number of aromatic nitrogens is 4. The number of aromatic amines is 1. The first-order valence-corrected chi connectivity index (χ1v) is 19.7. The lowest BCUT2D eigenvalue weighted by Crippen LogP contribution is -2.48. The predicted molar refractivity (Wildman–Crippen MR) is 216 cm³/mol. The maximum atomic E-state index is 13.8. The Bertz CT molecular complexity index is 2080. The van der Waals surface area contributed by atoms with E-state index >= 15 is 0 Å². The number of carbonyl (C=O) groups is 5. The van der Waals surface area contributed by atoms with E-state index < -0.39 is 23.8 Å². The number of tetrazole rings is 1. The fourth-order valence-electron chi connectivity index (χ4n) is 7.15. The van der Waals surface area contributed by atoms with Crippen LogP contribution in [0, 0.1) is 11.8 Å². The average molecular weight is 814 g/mol. The van der Waals surface area contributed by atoms with Gasteiger partial charge in [0.25, 0.3) is 5.91 Å². The molecule has 6 rings (SSSR count). The molecule has 2 atom stereocenters. The molecule has 0 radical (unpaired) electrons. The van der Waals surface area contributed by atoms with Crippen molar-refractivity contribution in [3.63, 3.8) is 0 Å². The van der Waals surface area contributed by atoms with Crippen molar-refractivity contribution in [1.82, 2.24) is 41.5 Å². The van der Waals surface area contributed by atoms with E-state index in [0.717, 1.165) is 24.0 Å². The molecule has 2 heterocycles. The second-order valence-corrected chi connectivity index (χ2v) is 16.2. The molecule has 17 heteroatoms. The number of amides is 5. The predicted octanol–water partition coefficient (Wildman–Crippen LogP) is 5.67. The van der Waals surface area contributed by atoms with Crippen molar-refractivity contribution < 1.29 is 33.8 Å². The number of alkyl carbamates (subject to hydrolysis) is 1. The molecular formula is C41H48ClN9O7. The molecule has 5 amide bonds. The van der Waals surface area contributed by atoms with Crippen LogP contribution in [0.3, 0.4) is 0 Å². The summed E-state index contributed by atoms with van der Waals surface area (Å²) in [5, 5.41) is 35.2. The number of hydrogen-bond donors (Lipinski definition) is 6. The highest BCUT2D eigenvalue weighted by Gasteiger charge is 2.31. The molecule has 3 aromatic carbocycles. The summed E-state index contributed by atoms with van der Waals surface area (Å²) in [6.45, 7) is 6.50. The van der Waals surface area contributed by atoms with Crippen molar-refractivity contribution in [3.05, 3.63) is 82.9 Å². The van der Waals surface area contributed by atoms with Gasteiger partial charge in [0, 0.05) is 65.4 Å². The number of H-pyrrole nitrogens is 1. The third-order valence-electron chi connectivity index (χ3n) is 10.3. The smallest absolute Gasteiger partial charge is 0.407 e. The van der Waals surface area contributed by atoms with Crippen LogP contribution in [0.4, 0.5) is 15.3 Å². The third-order valence-corrected chi connectivity index (χ3v) is 10.6. The molecule has 6 N–H and O–H groups in total. The largest absolute Gasteiger partial charge is 0.465 e. The number of benzene rings is 3. The number of rotatable bonds is 12. The van der Waals surface area contributed by atoms with Gasteiger partial charge in [0.1, 0.15) is 11.6 Å². The molecule has 4 aromatic rings. The highest BCUT2D eigenvalue weighted by atomic mass is 35.5. The molecule has 1 saturated carbocycles. The molecule has 0 spiro atoms. The first-order valence-electron chi connectivity index (χ1n) is 19.3. The SMILES string of the molecule is CC(C)(C)OC(=O)NCC1CCC(C(=O)N[C@@H](Cc2ccc(-c3ccc(C(=O)N[C@@H]4CCN(C(=O)O)C4)cc3Cl)cc2)C(=O)Nc2ccc(-c3nn[nH]n3)cc2)CC1. The summed E-state index contributed by atoms with van der Waals surface area (Å²) in [6, 6.07) is 18.3. The quantitative estimate of drug-likeness (QED) is 0.103. The van der Waals surface area contributed by atoms with Crippen LogP contribution in [0.25, 0.3) is 22.5 Å². The fraction of sp³-hybridized carbons (Fsp3) is 0.415. The Hall–Kier alpha value is -6.03. The number of nitrogens with zero attached hydrogens (tertiary/aromatic N) is 4. The van der Waals surface area contributed by atoms with Crippen LogP contribution in [-0.2, 0) is 20.7 Å². The molecule has 58 heavy (non-hydrogen) atoms. The molecule has 1 aliphatic heterocycles. The molecule has 2 fully saturated rings. The highest BCUT2D eigenvalue weighted by Crippen LogP contribution is 2.31. The molecule has 1 aliphatic carbocycles. The van der Waals surface area contributed by atoms with Crippen LogP contribution in [0.1, 0.15) is 68.8 Å². The average Bonchev–Trinajstić information content (AvgIpc) is 3.91. The molecule has 1 aromatic heterocycles. The molecular weight excluding hydrogens is 766 g/mol. The van der Waals surface area contributed by atoms with Crippen LogP contribution in [0.5, 0.6) is 0 Å². The van der Waals surface area contributed by atoms with E-state index in [0.29, 0.717) is 65.6 Å². The molecule has 306 valence electrons. The summed E-state index contributed by atoms with van der Waals surface area (Å²) in [7, 11) is 0. The number of anilines is 1. The van der Waals surface area contributed by atoms with Gasteiger partial charge in [-0.3, -0.25) is 14.4 Å². The number of halogens is 1. The normalized spacial score (nSPS) is 18.5. The van der Waals surface area contributed by atoms with Crippen LogP contribution < -0.4 is 21.3 Å². The summed E-state index contributed by atoms with van der Waals surface area (Å²) in [6.07, 6.45) is 2.02. The molecule has 0 bridgehead atoms. The van der Waals surface area contributed by atoms with Gasteiger partial charge < -0.3 is 36.0 Å². The van der Waals surface area contributed by atoms with Crippen LogP contribution in [0.2, 0.25) is 5.02 Å². The first-order chi connectivity index (χ1) is 27.7. The Labute approximate surface area is 340 Å². The van der Waals surface area contributed by atoms with E-state index in [4.69, 9.17) is 16.3 Å². The maximum Gasteiger partial charge on any atom is 0.407 e. The third kappa shape index (κ3) is 11.3. The Morgan fingerprint density at radius 3 is 2.28 bits per heavy atom. The van der Waals surface area contributed by atoms with Gasteiger partial charge in [0.15, 0.2) is 0 Å². The number of ether oxygens (including phenoxy) is 1. The van der Waals surface area contributed by atoms with E-state index in [-0.39, 0.29) is 48.6 Å². The highest BCUT2D eigenvalue weighted by molar-refractivity contribution is 6.33. The van der Waals surface area contributed by atoms with E-state index in [1.807, 2.05) is 45.0 Å². The minimum absolute atomic E-state index is 0.203. The first kappa shape index (κ1) is 41.6. The molecule has 16 nitrogen and oxygen atoms in total. The zero-order chi connectivity index (χ0) is 41.4. The van der Waals surface area contributed by atoms with Gasteiger partial charge in [0.05, 0.1) is 0 Å². The molecule has 1 saturated heterocycles. The van der Waals surface area contributed by atoms with Crippen LogP contribution in [0.15, 0.2) is 66.7 Å².